The summed E-state index contributed by atoms with van der Waals surface area (Å²) >= 11 is 12.2. The molecule has 1 fully saturated rings. The molecular formula is C30H25Cl2N3O5. The minimum atomic E-state index is -0.738. The minimum Gasteiger partial charge on any atom is -0.455 e. The third-order valence-electron chi connectivity index (χ3n) is 7.06. The average Bonchev–Trinajstić information content (AvgIpc) is 3.34. The maximum Gasteiger partial charge on any atom is 0.311 e. The number of nitro benzene ring substituents is 1. The zero-order valence-corrected chi connectivity index (χ0v) is 22.8. The number of hydrogen-bond donors (Lipinski definition) is 0. The highest BCUT2D eigenvalue weighted by atomic mass is 35.5. The van der Waals surface area contributed by atoms with E-state index in [0.717, 1.165) is 41.7 Å². The molecule has 8 nitrogen and oxygen atoms in total. The second-order valence-corrected chi connectivity index (χ2v) is 10.5. The fraction of sp³-hybridized carbons (Fsp3) is 0.233. The van der Waals surface area contributed by atoms with Gasteiger partial charge in [0, 0.05) is 27.6 Å². The molecule has 1 aliphatic carbocycles. The smallest absolute Gasteiger partial charge is 0.311 e. The van der Waals surface area contributed by atoms with Gasteiger partial charge >= 0.3 is 5.97 Å². The highest BCUT2D eigenvalue weighted by Crippen LogP contribution is 2.44. The van der Waals surface area contributed by atoms with E-state index in [-0.39, 0.29) is 29.6 Å². The number of benzene rings is 3. The molecule has 3 aromatic carbocycles. The highest BCUT2D eigenvalue weighted by molar-refractivity contribution is 6.30. The van der Waals surface area contributed by atoms with Gasteiger partial charge in [-0.3, -0.25) is 19.7 Å². The summed E-state index contributed by atoms with van der Waals surface area (Å²) in [6.07, 6.45) is 4.33. The number of hydrazone groups is 1. The maximum absolute atomic E-state index is 13.4. The first-order chi connectivity index (χ1) is 19.3. The number of nitrogens with zero attached hydrogens (tertiary/aromatic N) is 3. The third kappa shape index (κ3) is 6.08. The Morgan fingerprint density at radius 2 is 1.70 bits per heavy atom. The van der Waals surface area contributed by atoms with Gasteiger partial charge in [-0.15, -0.1) is 0 Å². The number of halogens is 2. The van der Waals surface area contributed by atoms with E-state index in [0.29, 0.717) is 10.0 Å². The second-order valence-electron chi connectivity index (χ2n) is 9.66. The number of rotatable bonds is 7. The van der Waals surface area contributed by atoms with Crippen LogP contribution in [0.15, 0.2) is 83.5 Å². The number of nitro groups is 1. The number of carbonyl (C=O) groups is 2. The third-order valence-corrected chi connectivity index (χ3v) is 7.56. The Hall–Kier alpha value is -4.01. The molecule has 204 valence electrons. The monoisotopic (exact) mass is 577 g/mol. The minimum absolute atomic E-state index is 0.0416. The second kappa shape index (κ2) is 12.0. The summed E-state index contributed by atoms with van der Waals surface area (Å²) in [5.74, 6) is -1.26. The van der Waals surface area contributed by atoms with Gasteiger partial charge in [-0.1, -0.05) is 65.7 Å². The van der Waals surface area contributed by atoms with Crippen LogP contribution >= 0.6 is 23.2 Å². The number of esters is 1. The summed E-state index contributed by atoms with van der Waals surface area (Å²) in [6, 6.07) is 20.4. The standard InChI is InChI=1S/C30H25Cl2N3O5/c31-23-12-8-19(9-13-23)16-22-5-3-6-25-29(22)33-34(30(25)20-10-14-24(32)15-11-20)27(36)18-40-28(37)17-21-4-1-2-7-26(21)35(38)39/h1-2,4,7-16,25,30H,3,5-6,17-18H2. The molecule has 0 N–H and O–H groups in total. The van der Waals surface area contributed by atoms with E-state index in [1.807, 2.05) is 36.4 Å². The van der Waals surface area contributed by atoms with Crippen molar-refractivity contribution in [3.8, 4) is 0 Å². The highest BCUT2D eigenvalue weighted by Gasteiger charge is 2.43. The molecule has 0 bridgehead atoms. The fourth-order valence-corrected chi connectivity index (χ4v) is 5.47. The van der Waals surface area contributed by atoms with Crippen LogP contribution in [0.25, 0.3) is 6.08 Å². The quantitative estimate of drug-likeness (QED) is 0.174. The van der Waals surface area contributed by atoms with Crippen molar-refractivity contribution in [3.63, 3.8) is 0 Å². The van der Waals surface area contributed by atoms with Crippen LogP contribution < -0.4 is 0 Å². The van der Waals surface area contributed by atoms with E-state index in [4.69, 9.17) is 33.0 Å². The van der Waals surface area contributed by atoms with Gasteiger partial charge in [0.2, 0.25) is 0 Å². The van der Waals surface area contributed by atoms with E-state index in [1.165, 1.54) is 23.2 Å². The van der Waals surface area contributed by atoms with Crippen LogP contribution in [0.1, 0.15) is 42.0 Å². The van der Waals surface area contributed by atoms with Gasteiger partial charge in [0.25, 0.3) is 11.6 Å². The Balaban J connectivity index is 1.38. The lowest BCUT2D eigenvalue weighted by molar-refractivity contribution is -0.385. The molecule has 1 heterocycles. The Morgan fingerprint density at radius 3 is 2.40 bits per heavy atom. The van der Waals surface area contributed by atoms with Crippen molar-refractivity contribution in [2.45, 2.75) is 31.7 Å². The predicted octanol–water partition coefficient (Wildman–Crippen LogP) is 6.81. The first kappa shape index (κ1) is 27.6. The molecule has 5 rings (SSSR count). The van der Waals surface area contributed by atoms with Gasteiger partial charge in [0.05, 0.1) is 23.1 Å². The van der Waals surface area contributed by atoms with Crippen LogP contribution in [0.2, 0.25) is 10.0 Å². The number of carbonyl (C=O) groups excluding carboxylic acids is 2. The Kier molecular flexibility index (Phi) is 8.28. The van der Waals surface area contributed by atoms with Crippen molar-refractivity contribution < 1.29 is 19.2 Å². The van der Waals surface area contributed by atoms with E-state index < -0.39 is 23.4 Å². The molecule has 0 radical (unpaired) electrons. The van der Waals surface area contributed by atoms with Crippen LogP contribution in [-0.2, 0) is 20.7 Å². The predicted molar refractivity (Wildman–Crippen MR) is 153 cm³/mol. The SMILES string of the molecule is O=C(Cc1ccccc1[N+](=O)[O-])OCC(=O)N1N=C2C(=Cc3ccc(Cl)cc3)CCCC2C1c1ccc(Cl)cc1. The lowest BCUT2D eigenvalue weighted by Gasteiger charge is -2.29. The lowest BCUT2D eigenvalue weighted by atomic mass is 9.77. The molecule has 1 aliphatic heterocycles. The van der Waals surface area contributed by atoms with Gasteiger partial charge in [-0.05, 0) is 66.3 Å². The van der Waals surface area contributed by atoms with Crippen molar-refractivity contribution in [1.82, 2.24) is 5.01 Å². The molecular weight excluding hydrogens is 553 g/mol. The molecule has 0 saturated heterocycles. The summed E-state index contributed by atoms with van der Waals surface area (Å²) in [7, 11) is 0. The van der Waals surface area contributed by atoms with E-state index in [2.05, 4.69) is 6.08 Å². The molecule has 2 unspecified atom stereocenters. The van der Waals surface area contributed by atoms with Crippen molar-refractivity contribution in [2.75, 3.05) is 6.61 Å². The van der Waals surface area contributed by atoms with Crippen molar-refractivity contribution in [1.29, 1.82) is 0 Å². The average molecular weight is 578 g/mol. The summed E-state index contributed by atoms with van der Waals surface area (Å²) < 4.78 is 5.28. The number of ether oxygens (including phenoxy) is 1. The molecule has 0 spiro atoms. The molecule has 2 aliphatic rings. The lowest BCUT2D eigenvalue weighted by Crippen LogP contribution is -2.34. The molecule has 2 atom stereocenters. The molecule has 1 saturated carbocycles. The zero-order chi connectivity index (χ0) is 28.2. The summed E-state index contributed by atoms with van der Waals surface area (Å²) in [5.41, 5.74) is 3.78. The van der Waals surface area contributed by atoms with Crippen LogP contribution in [0.5, 0.6) is 0 Å². The van der Waals surface area contributed by atoms with Crippen LogP contribution in [-0.4, -0.2) is 34.1 Å². The Labute approximate surface area is 241 Å². The van der Waals surface area contributed by atoms with Crippen molar-refractivity contribution in [3.05, 3.63) is 115 Å². The Bertz CT molecular complexity index is 1500. The molecule has 3 aromatic rings. The van der Waals surface area contributed by atoms with Crippen LogP contribution in [0.4, 0.5) is 5.69 Å². The topological polar surface area (TPSA) is 102 Å². The van der Waals surface area contributed by atoms with Gasteiger partial charge in [-0.2, -0.15) is 5.10 Å². The zero-order valence-electron chi connectivity index (χ0n) is 21.3. The first-order valence-electron chi connectivity index (χ1n) is 12.8. The van der Waals surface area contributed by atoms with Gasteiger partial charge in [0.15, 0.2) is 6.61 Å². The number of fused-ring (bicyclic) bond motifs is 1. The van der Waals surface area contributed by atoms with E-state index in [9.17, 15) is 19.7 Å². The maximum atomic E-state index is 13.4. The van der Waals surface area contributed by atoms with E-state index >= 15 is 0 Å². The number of amides is 1. The summed E-state index contributed by atoms with van der Waals surface area (Å²) in [5, 5.41) is 18.7. The van der Waals surface area contributed by atoms with Crippen LogP contribution in [0.3, 0.4) is 0 Å². The largest absolute Gasteiger partial charge is 0.455 e. The summed E-state index contributed by atoms with van der Waals surface area (Å²) in [4.78, 5) is 36.7. The number of allylic oxidation sites excluding steroid dienone is 1. The van der Waals surface area contributed by atoms with Crippen molar-refractivity contribution in [2.24, 2.45) is 11.0 Å². The molecule has 10 heteroatoms. The van der Waals surface area contributed by atoms with Gasteiger partial charge < -0.3 is 4.74 Å². The normalized spacial score (nSPS) is 19.2. The summed E-state index contributed by atoms with van der Waals surface area (Å²) in [6.45, 7) is -0.538. The molecule has 40 heavy (non-hydrogen) atoms. The van der Waals surface area contributed by atoms with E-state index in [1.54, 1.807) is 18.2 Å². The molecule has 1 amide bonds. The first-order valence-corrected chi connectivity index (χ1v) is 13.6. The van der Waals surface area contributed by atoms with Crippen molar-refractivity contribution >= 4 is 52.6 Å². The van der Waals surface area contributed by atoms with Gasteiger partial charge in [-0.25, -0.2) is 5.01 Å². The fourth-order valence-electron chi connectivity index (χ4n) is 5.21. The molecule has 0 aromatic heterocycles. The van der Waals surface area contributed by atoms with Crippen LogP contribution in [0, 0.1) is 16.0 Å². The number of hydrogen-bond acceptors (Lipinski definition) is 6. The number of para-hydroxylation sites is 1. The Morgan fingerprint density at radius 1 is 1.02 bits per heavy atom. The van der Waals surface area contributed by atoms with Gasteiger partial charge in [0.1, 0.15) is 0 Å².